The minimum Gasteiger partial charge on any atom is -0.351 e. The molecule has 2 fully saturated rings. The van der Waals surface area contributed by atoms with Gasteiger partial charge in [0.2, 0.25) is 0 Å². The van der Waals surface area contributed by atoms with Gasteiger partial charge in [0.1, 0.15) is 5.82 Å². The third-order valence-electron chi connectivity index (χ3n) is 3.86. The Balaban J connectivity index is 1.71. The second-order valence-electron chi connectivity index (χ2n) is 5.33. The fourth-order valence-electron chi connectivity index (χ4n) is 2.67. The molecule has 1 aliphatic carbocycles. The number of hydrogen-bond acceptors (Lipinski definition) is 3. The molecular weight excluding hydrogens is 290 g/mol. The second-order valence-corrected chi connectivity index (χ2v) is 6.19. The molecule has 1 aliphatic heterocycles. The molecule has 1 atom stereocenters. The average molecular weight is 310 g/mol. The molecule has 0 amide bonds. The number of nitrogens with one attached hydrogen (secondary N) is 1. The van der Waals surface area contributed by atoms with Gasteiger partial charge >= 0.3 is 0 Å². The Hall–Kier alpha value is -0.610. The van der Waals surface area contributed by atoms with Crippen LogP contribution >= 0.6 is 15.9 Å². The molecule has 18 heavy (non-hydrogen) atoms. The zero-order valence-corrected chi connectivity index (χ0v) is 12.2. The standard InChI is InChI=1S/C14H20BrN3/c15-13-5-3-8-16-14(13)18-9-2-1-4-12(18)10-17-11-6-7-11/h3,5,8,11-12,17H,1-2,4,6-7,9-10H2. The van der Waals surface area contributed by atoms with E-state index in [0.717, 1.165) is 29.4 Å². The van der Waals surface area contributed by atoms with Crippen LogP contribution in [0.25, 0.3) is 0 Å². The number of anilines is 1. The van der Waals surface area contributed by atoms with Gasteiger partial charge in [-0.05, 0) is 60.2 Å². The Morgan fingerprint density at radius 2 is 2.22 bits per heavy atom. The van der Waals surface area contributed by atoms with Gasteiger partial charge in [-0.15, -0.1) is 0 Å². The zero-order valence-electron chi connectivity index (χ0n) is 10.6. The average Bonchev–Trinajstić information content (AvgIpc) is 3.22. The van der Waals surface area contributed by atoms with E-state index in [-0.39, 0.29) is 0 Å². The second kappa shape index (κ2) is 5.57. The summed E-state index contributed by atoms with van der Waals surface area (Å²) in [6, 6.07) is 5.46. The summed E-state index contributed by atoms with van der Waals surface area (Å²) in [7, 11) is 0. The SMILES string of the molecule is Brc1cccnc1N1CCCCC1CNC1CC1. The monoisotopic (exact) mass is 309 g/mol. The van der Waals surface area contributed by atoms with E-state index in [1.807, 2.05) is 12.3 Å². The van der Waals surface area contributed by atoms with Gasteiger partial charge in [0.25, 0.3) is 0 Å². The van der Waals surface area contributed by atoms with Crippen LogP contribution < -0.4 is 10.2 Å². The highest BCUT2D eigenvalue weighted by Crippen LogP contribution is 2.29. The Bertz CT molecular complexity index is 406. The Labute approximate surface area is 117 Å². The van der Waals surface area contributed by atoms with Gasteiger partial charge in [-0.2, -0.15) is 0 Å². The number of hydrogen-bond donors (Lipinski definition) is 1. The maximum absolute atomic E-state index is 4.55. The zero-order chi connectivity index (χ0) is 12.4. The van der Waals surface area contributed by atoms with Crippen LogP contribution in [0.3, 0.4) is 0 Å². The van der Waals surface area contributed by atoms with Crippen LogP contribution in [0.5, 0.6) is 0 Å². The number of pyridine rings is 1. The Kier molecular flexibility index (Phi) is 3.85. The van der Waals surface area contributed by atoms with Gasteiger partial charge in [0.15, 0.2) is 0 Å². The molecule has 1 aromatic heterocycles. The number of halogens is 1. The minimum absolute atomic E-state index is 0.602. The van der Waals surface area contributed by atoms with E-state index < -0.39 is 0 Å². The van der Waals surface area contributed by atoms with Crippen LogP contribution in [0.1, 0.15) is 32.1 Å². The Morgan fingerprint density at radius 1 is 1.33 bits per heavy atom. The summed E-state index contributed by atoms with van der Waals surface area (Å²) in [6.45, 7) is 2.24. The summed E-state index contributed by atoms with van der Waals surface area (Å²) in [5.41, 5.74) is 0. The van der Waals surface area contributed by atoms with Crippen LogP contribution in [0.2, 0.25) is 0 Å². The van der Waals surface area contributed by atoms with E-state index >= 15 is 0 Å². The molecule has 2 aliphatic rings. The van der Waals surface area contributed by atoms with Crippen molar-refractivity contribution in [2.24, 2.45) is 0 Å². The highest BCUT2D eigenvalue weighted by atomic mass is 79.9. The highest BCUT2D eigenvalue weighted by Gasteiger charge is 2.27. The number of rotatable bonds is 4. The molecule has 0 radical (unpaired) electrons. The summed E-state index contributed by atoms with van der Waals surface area (Å²) in [5, 5.41) is 3.66. The van der Waals surface area contributed by atoms with E-state index in [1.54, 1.807) is 0 Å². The normalized spacial score (nSPS) is 24.3. The van der Waals surface area contributed by atoms with Crippen LogP contribution in [0, 0.1) is 0 Å². The van der Waals surface area contributed by atoms with Crippen molar-refractivity contribution >= 4 is 21.7 Å². The van der Waals surface area contributed by atoms with Gasteiger partial charge in [0, 0.05) is 31.4 Å². The summed E-state index contributed by atoms with van der Waals surface area (Å²) >= 11 is 3.63. The van der Waals surface area contributed by atoms with Crippen molar-refractivity contribution in [1.29, 1.82) is 0 Å². The molecule has 98 valence electrons. The van der Waals surface area contributed by atoms with E-state index in [9.17, 15) is 0 Å². The summed E-state index contributed by atoms with van der Waals surface area (Å²) in [6.07, 6.45) is 8.52. The summed E-state index contributed by atoms with van der Waals surface area (Å²) < 4.78 is 1.11. The van der Waals surface area contributed by atoms with Crippen LogP contribution in [-0.4, -0.2) is 30.2 Å². The van der Waals surface area contributed by atoms with Crippen molar-refractivity contribution in [2.45, 2.75) is 44.2 Å². The molecule has 1 aromatic rings. The molecule has 0 aromatic carbocycles. The molecule has 4 heteroatoms. The quantitative estimate of drug-likeness (QED) is 0.927. The molecule has 1 N–H and O–H groups in total. The van der Waals surface area contributed by atoms with Crippen molar-refractivity contribution in [3.63, 3.8) is 0 Å². The third kappa shape index (κ3) is 2.86. The first kappa shape index (κ1) is 12.4. The molecule has 2 heterocycles. The molecule has 0 bridgehead atoms. The minimum atomic E-state index is 0.602. The van der Waals surface area contributed by atoms with Gasteiger partial charge < -0.3 is 10.2 Å². The van der Waals surface area contributed by atoms with Crippen molar-refractivity contribution in [2.75, 3.05) is 18.0 Å². The first-order valence-electron chi connectivity index (χ1n) is 6.95. The molecule has 3 nitrogen and oxygen atoms in total. The van der Waals surface area contributed by atoms with Crippen LogP contribution in [0.4, 0.5) is 5.82 Å². The van der Waals surface area contributed by atoms with Gasteiger partial charge in [0.05, 0.1) is 4.47 Å². The lowest BCUT2D eigenvalue weighted by Crippen LogP contribution is -2.46. The van der Waals surface area contributed by atoms with Crippen molar-refractivity contribution in [1.82, 2.24) is 10.3 Å². The molecule has 3 rings (SSSR count). The third-order valence-corrected chi connectivity index (χ3v) is 4.48. The number of aromatic nitrogens is 1. The summed E-state index contributed by atoms with van der Waals surface area (Å²) in [5.74, 6) is 1.11. The largest absolute Gasteiger partial charge is 0.351 e. The predicted octanol–water partition coefficient (Wildman–Crippen LogP) is 2.96. The predicted molar refractivity (Wildman–Crippen MR) is 77.9 cm³/mol. The lowest BCUT2D eigenvalue weighted by atomic mass is 10.0. The van der Waals surface area contributed by atoms with Gasteiger partial charge in [-0.1, -0.05) is 0 Å². The maximum atomic E-state index is 4.55. The fraction of sp³-hybridized carbons (Fsp3) is 0.643. The van der Waals surface area contributed by atoms with Crippen molar-refractivity contribution in [3.8, 4) is 0 Å². The van der Waals surface area contributed by atoms with Crippen LogP contribution in [-0.2, 0) is 0 Å². The summed E-state index contributed by atoms with van der Waals surface area (Å²) in [4.78, 5) is 7.02. The first-order valence-corrected chi connectivity index (χ1v) is 7.74. The van der Waals surface area contributed by atoms with E-state index in [2.05, 4.69) is 37.2 Å². The van der Waals surface area contributed by atoms with Crippen molar-refractivity contribution < 1.29 is 0 Å². The topological polar surface area (TPSA) is 28.2 Å². The molecule has 0 spiro atoms. The van der Waals surface area contributed by atoms with E-state index in [1.165, 1.54) is 32.1 Å². The van der Waals surface area contributed by atoms with Crippen molar-refractivity contribution in [3.05, 3.63) is 22.8 Å². The Morgan fingerprint density at radius 3 is 3.00 bits per heavy atom. The number of piperidine rings is 1. The molecule has 1 saturated carbocycles. The molecule has 1 saturated heterocycles. The van der Waals surface area contributed by atoms with E-state index in [4.69, 9.17) is 0 Å². The smallest absolute Gasteiger partial charge is 0.143 e. The molecule has 1 unspecified atom stereocenters. The molecular formula is C14H20BrN3. The maximum Gasteiger partial charge on any atom is 0.143 e. The fourth-order valence-corrected chi connectivity index (χ4v) is 3.15. The lowest BCUT2D eigenvalue weighted by molar-refractivity contribution is 0.431. The van der Waals surface area contributed by atoms with Crippen LogP contribution in [0.15, 0.2) is 22.8 Å². The number of nitrogens with zero attached hydrogens (tertiary/aromatic N) is 2. The van der Waals surface area contributed by atoms with Gasteiger partial charge in [-0.25, -0.2) is 4.98 Å². The van der Waals surface area contributed by atoms with Gasteiger partial charge in [-0.3, -0.25) is 0 Å². The highest BCUT2D eigenvalue weighted by molar-refractivity contribution is 9.10. The first-order chi connectivity index (χ1) is 8.84. The van der Waals surface area contributed by atoms with E-state index in [0.29, 0.717) is 6.04 Å². The lowest BCUT2D eigenvalue weighted by Gasteiger charge is -2.37.